The van der Waals surface area contributed by atoms with E-state index >= 15 is 0 Å². The topological polar surface area (TPSA) is 77.1 Å². The van der Waals surface area contributed by atoms with Gasteiger partial charge in [-0.25, -0.2) is 0 Å². The van der Waals surface area contributed by atoms with Crippen LogP contribution < -0.4 is 19.5 Å². The molecule has 2 rings (SSSR count). The van der Waals surface area contributed by atoms with Crippen LogP contribution in [-0.4, -0.2) is 49.1 Å². The van der Waals surface area contributed by atoms with Crippen molar-refractivity contribution in [1.82, 2.24) is 4.90 Å². The monoisotopic (exact) mass is 448 g/mol. The number of carbonyl (C=O) groups excluding carboxylic acids is 2. The van der Waals surface area contributed by atoms with Crippen molar-refractivity contribution in [3.63, 3.8) is 0 Å². The van der Waals surface area contributed by atoms with Crippen LogP contribution in [0.4, 0.5) is 5.69 Å². The standard InChI is InChI=1S/C23H29ClN2O5/c1-6-29-19-13-10-17(14-20(19)30-7-2)25-21(27)15-26(5)22(28)23(3,4)31-18-11-8-16(24)9-12-18/h8-14H,6-7,15H2,1-5H3,(H,25,27). The Morgan fingerprint density at radius 2 is 1.61 bits per heavy atom. The predicted molar refractivity (Wildman–Crippen MR) is 121 cm³/mol. The molecule has 2 aromatic carbocycles. The zero-order valence-corrected chi connectivity index (χ0v) is 19.3. The summed E-state index contributed by atoms with van der Waals surface area (Å²) in [6, 6.07) is 11.9. The molecule has 0 bridgehead atoms. The molecule has 0 saturated carbocycles. The van der Waals surface area contributed by atoms with Crippen molar-refractivity contribution in [3.05, 3.63) is 47.5 Å². The lowest BCUT2D eigenvalue weighted by Crippen LogP contribution is -2.49. The first kappa shape index (κ1) is 24.3. The molecule has 0 unspecified atom stereocenters. The van der Waals surface area contributed by atoms with Crippen LogP contribution >= 0.6 is 11.6 Å². The molecule has 0 fully saturated rings. The van der Waals surface area contributed by atoms with Gasteiger partial charge in [0.25, 0.3) is 5.91 Å². The third-order valence-electron chi connectivity index (χ3n) is 4.26. The third-order valence-corrected chi connectivity index (χ3v) is 4.51. The molecule has 0 saturated heterocycles. The number of likely N-dealkylation sites (N-methyl/N-ethyl adjacent to an activating group) is 1. The lowest BCUT2D eigenvalue weighted by atomic mass is 10.1. The number of hydrogen-bond donors (Lipinski definition) is 1. The average Bonchev–Trinajstić information content (AvgIpc) is 2.71. The third kappa shape index (κ3) is 7.07. The maximum absolute atomic E-state index is 12.8. The molecule has 0 aliphatic heterocycles. The second-order valence-corrected chi connectivity index (χ2v) is 7.74. The number of rotatable bonds is 10. The molecule has 1 N–H and O–H groups in total. The molecule has 0 aromatic heterocycles. The van der Waals surface area contributed by atoms with Gasteiger partial charge in [-0.1, -0.05) is 11.6 Å². The smallest absolute Gasteiger partial charge is 0.266 e. The zero-order valence-electron chi connectivity index (χ0n) is 18.5. The number of halogens is 1. The van der Waals surface area contributed by atoms with Gasteiger partial charge in [-0.15, -0.1) is 0 Å². The summed E-state index contributed by atoms with van der Waals surface area (Å²) in [6.45, 7) is 7.90. The Hall–Kier alpha value is -2.93. The fourth-order valence-electron chi connectivity index (χ4n) is 2.92. The van der Waals surface area contributed by atoms with Gasteiger partial charge in [-0.05, 0) is 64.1 Å². The SMILES string of the molecule is CCOc1ccc(NC(=O)CN(C)C(=O)C(C)(C)Oc2ccc(Cl)cc2)cc1OCC. The number of anilines is 1. The van der Waals surface area contributed by atoms with Gasteiger partial charge in [-0.3, -0.25) is 9.59 Å². The average molecular weight is 449 g/mol. The summed E-state index contributed by atoms with van der Waals surface area (Å²) >= 11 is 5.88. The highest BCUT2D eigenvalue weighted by Gasteiger charge is 2.33. The van der Waals surface area contributed by atoms with Crippen LogP contribution in [-0.2, 0) is 9.59 Å². The fraction of sp³-hybridized carbons (Fsp3) is 0.391. The summed E-state index contributed by atoms with van der Waals surface area (Å²) in [5, 5.41) is 3.36. The summed E-state index contributed by atoms with van der Waals surface area (Å²) in [4.78, 5) is 26.7. The minimum Gasteiger partial charge on any atom is -0.490 e. The summed E-state index contributed by atoms with van der Waals surface area (Å²) in [5.41, 5.74) is -0.612. The van der Waals surface area contributed by atoms with Gasteiger partial charge < -0.3 is 24.4 Å². The number of nitrogens with one attached hydrogen (secondary N) is 1. The first-order valence-electron chi connectivity index (χ1n) is 10.1. The van der Waals surface area contributed by atoms with E-state index in [1.54, 1.807) is 63.4 Å². The van der Waals surface area contributed by atoms with Crippen molar-refractivity contribution in [2.24, 2.45) is 0 Å². The van der Waals surface area contributed by atoms with Crippen LogP contribution in [0.1, 0.15) is 27.7 Å². The van der Waals surface area contributed by atoms with Gasteiger partial charge in [0, 0.05) is 23.8 Å². The molecule has 0 aliphatic rings. The lowest BCUT2D eigenvalue weighted by molar-refractivity contribution is -0.145. The van der Waals surface area contributed by atoms with Gasteiger partial charge in [0.05, 0.1) is 19.8 Å². The maximum atomic E-state index is 12.8. The van der Waals surface area contributed by atoms with Crippen LogP contribution in [0.2, 0.25) is 5.02 Å². The van der Waals surface area contributed by atoms with E-state index in [2.05, 4.69) is 5.32 Å². The van der Waals surface area contributed by atoms with Crippen LogP contribution in [0.25, 0.3) is 0 Å². The van der Waals surface area contributed by atoms with Crippen molar-refractivity contribution in [1.29, 1.82) is 0 Å². The molecule has 8 heteroatoms. The van der Waals surface area contributed by atoms with E-state index in [0.717, 1.165) is 0 Å². The van der Waals surface area contributed by atoms with Crippen LogP contribution in [0.3, 0.4) is 0 Å². The number of benzene rings is 2. The van der Waals surface area contributed by atoms with E-state index in [0.29, 0.717) is 41.2 Å². The van der Waals surface area contributed by atoms with Crippen LogP contribution in [0.15, 0.2) is 42.5 Å². The highest BCUT2D eigenvalue weighted by molar-refractivity contribution is 6.30. The number of ether oxygens (including phenoxy) is 3. The lowest BCUT2D eigenvalue weighted by Gasteiger charge is -2.29. The Balaban J connectivity index is 2.00. The van der Waals surface area contributed by atoms with Crippen molar-refractivity contribution in [2.75, 3.05) is 32.1 Å². The van der Waals surface area contributed by atoms with E-state index in [4.69, 9.17) is 25.8 Å². The van der Waals surface area contributed by atoms with E-state index in [9.17, 15) is 9.59 Å². The molecule has 0 radical (unpaired) electrons. The van der Waals surface area contributed by atoms with Gasteiger partial charge in [0.1, 0.15) is 5.75 Å². The highest BCUT2D eigenvalue weighted by atomic mass is 35.5. The van der Waals surface area contributed by atoms with Gasteiger partial charge in [0.15, 0.2) is 17.1 Å². The van der Waals surface area contributed by atoms with Gasteiger partial charge >= 0.3 is 0 Å². The molecule has 2 amide bonds. The molecule has 0 aliphatic carbocycles. The van der Waals surface area contributed by atoms with Crippen molar-refractivity contribution in [2.45, 2.75) is 33.3 Å². The number of hydrogen-bond acceptors (Lipinski definition) is 5. The Morgan fingerprint density at radius 3 is 2.23 bits per heavy atom. The van der Waals surface area contributed by atoms with E-state index < -0.39 is 5.60 Å². The Kier molecular flexibility index (Phi) is 8.56. The first-order valence-corrected chi connectivity index (χ1v) is 10.4. The maximum Gasteiger partial charge on any atom is 0.266 e. The van der Waals surface area contributed by atoms with E-state index in [-0.39, 0.29) is 18.4 Å². The molecule has 0 heterocycles. The summed E-state index contributed by atoms with van der Waals surface area (Å²) in [6.07, 6.45) is 0. The van der Waals surface area contributed by atoms with Gasteiger partial charge in [0.2, 0.25) is 5.91 Å². The van der Waals surface area contributed by atoms with Crippen molar-refractivity contribution in [3.8, 4) is 17.2 Å². The summed E-state index contributed by atoms with van der Waals surface area (Å²) < 4.78 is 16.9. The van der Waals surface area contributed by atoms with Crippen LogP contribution in [0.5, 0.6) is 17.2 Å². The minimum absolute atomic E-state index is 0.135. The molecule has 0 spiro atoms. The molecule has 168 valence electrons. The van der Waals surface area contributed by atoms with Gasteiger partial charge in [-0.2, -0.15) is 0 Å². The fourth-order valence-corrected chi connectivity index (χ4v) is 3.04. The summed E-state index contributed by atoms with van der Waals surface area (Å²) in [7, 11) is 1.55. The Labute approximate surface area is 188 Å². The predicted octanol–water partition coefficient (Wildman–Crippen LogP) is 4.39. The second kappa shape index (κ2) is 10.9. The first-order chi connectivity index (χ1) is 14.7. The van der Waals surface area contributed by atoms with Crippen molar-refractivity contribution >= 4 is 29.1 Å². The molecule has 0 atom stereocenters. The number of amides is 2. The second-order valence-electron chi connectivity index (χ2n) is 7.30. The Bertz CT molecular complexity index is 899. The molecule has 7 nitrogen and oxygen atoms in total. The minimum atomic E-state index is -1.16. The largest absolute Gasteiger partial charge is 0.490 e. The number of carbonyl (C=O) groups is 2. The summed E-state index contributed by atoms with van der Waals surface area (Å²) in [5.74, 6) is 0.988. The number of nitrogens with zero attached hydrogens (tertiary/aromatic N) is 1. The van der Waals surface area contributed by atoms with Crippen LogP contribution in [0, 0.1) is 0 Å². The molecule has 31 heavy (non-hydrogen) atoms. The normalized spacial score (nSPS) is 10.9. The molecular weight excluding hydrogens is 420 g/mol. The molecule has 2 aromatic rings. The van der Waals surface area contributed by atoms with E-state index in [1.165, 1.54) is 4.90 Å². The quantitative estimate of drug-likeness (QED) is 0.583. The van der Waals surface area contributed by atoms with E-state index in [1.807, 2.05) is 13.8 Å². The Morgan fingerprint density at radius 1 is 1.00 bits per heavy atom. The zero-order chi connectivity index (χ0) is 23.0. The van der Waals surface area contributed by atoms with Crippen molar-refractivity contribution < 1.29 is 23.8 Å². The molecular formula is C23H29ClN2O5. The highest BCUT2D eigenvalue weighted by Crippen LogP contribution is 2.30.